The van der Waals surface area contributed by atoms with Crippen LogP contribution in [0.25, 0.3) is 0 Å². The van der Waals surface area contributed by atoms with Crippen molar-refractivity contribution in [2.75, 3.05) is 6.54 Å². The summed E-state index contributed by atoms with van der Waals surface area (Å²) in [4.78, 5) is 4.11. The second-order valence-electron chi connectivity index (χ2n) is 2.46. The largest absolute Gasteiger partial charge is 0.385 e. The maximum absolute atomic E-state index is 9.27. The summed E-state index contributed by atoms with van der Waals surface area (Å²) in [5.74, 6) is 0. The van der Waals surface area contributed by atoms with Gasteiger partial charge >= 0.3 is 0 Å². The second-order valence-corrected chi connectivity index (χ2v) is 2.46. The van der Waals surface area contributed by atoms with Crippen LogP contribution in [0.2, 0.25) is 0 Å². The third-order valence-electron chi connectivity index (χ3n) is 1.47. The summed E-state index contributed by atoms with van der Waals surface area (Å²) in [7, 11) is 0. The van der Waals surface area contributed by atoms with E-state index in [9.17, 15) is 5.11 Å². The molecule has 60 valence electrons. The molecule has 0 radical (unpaired) electrons. The minimum atomic E-state index is -0.630. The first-order valence-electron chi connectivity index (χ1n) is 3.55. The number of pyridine rings is 1. The Labute approximate surface area is 65.9 Å². The van der Waals surface area contributed by atoms with Gasteiger partial charge in [0.1, 0.15) is 6.10 Å². The molecule has 0 bridgehead atoms. The van der Waals surface area contributed by atoms with E-state index in [1.54, 1.807) is 6.07 Å². The zero-order chi connectivity index (χ0) is 8.27. The summed E-state index contributed by atoms with van der Waals surface area (Å²) >= 11 is 0. The van der Waals surface area contributed by atoms with Crippen molar-refractivity contribution in [3.05, 3.63) is 29.6 Å². The van der Waals surface area contributed by atoms with Gasteiger partial charge in [-0.15, -0.1) is 0 Å². The molecular formula is C8H12N2O. The molecule has 3 nitrogen and oxygen atoms in total. The third kappa shape index (κ3) is 2.00. The Kier molecular flexibility index (Phi) is 2.57. The van der Waals surface area contributed by atoms with E-state index < -0.39 is 6.10 Å². The third-order valence-corrected chi connectivity index (χ3v) is 1.47. The number of nitrogens with two attached hydrogens (primary N) is 1. The van der Waals surface area contributed by atoms with Gasteiger partial charge < -0.3 is 10.8 Å². The van der Waals surface area contributed by atoms with Crippen molar-refractivity contribution in [3.63, 3.8) is 0 Å². The first-order chi connectivity index (χ1) is 5.24. The normalized spacial score (nSPS) is 13.0. The highest BCUT2D eigenvalue weighted by Crippen LogP contribution is 2.07. The molecule has 0 aliphatic rings. The summed E-state index contributed by atoms with van der Waals surface area (Å²) in [5, 5.41) is 9.27. The molecule has 1 heterocycles. The molecule has 3 N–H and O–H groups in total. The number of aliphatic hydroxyl groups is 1. The summed E-state index contributed by atoms with van der Waals surface area (Å²) in [6.45, 7) is 2.10. The summed E-state index contributed by atoms with van der Waals surface area (Å²) in [5.41, 5.74) is 6.81. The van der Waals surface area contributed by atoms with Crippen molar-refractivity contribution >= 4 is 0 Å². The quantitative estimate of drug-likeness (QED) is 0.644. The van der Waals surface area contributed by atoms with Crippen molar-refractivity contribution in [1.82, 2.24) is 4.98 Å². The monoisotopic (exact) mass is 152 g/mol. The Morgan fingerprint density at radius 3 is 2.91 bits per heavy atom. The van der Waals surface area contributed by atoms with Gasteiger partial charge in [-0.25, -0.2) is 0 Å². The number of hydrogen-bond acceptors (Lipinski definition) is 3. The summed E-state index contributed by atoms with van der Waals surface area (Å²) in [6, 6.07) is 5.51. The molecule has 0 aliphatic carbocycles. The van der Waals surface area contributed by atoms with Gasteiger partial charge in [0.2, 0.25) is 0 Å². The van der Waals surface area contributed by atoms with Crippen LogP contribution < -0.4 is 5.73 Å². The Bertz CT molecular complexity index is 237. The van der Waals surface area contributed by atoms with Crippen molar-refractivity contribution in [3.8, 4) is 0 Å². The fourth-order valence-electron chi connectivity index (χ4n) is 0.870. The van der Waals surface area contributed by atoms with Crippen LogP contribution in [0.15, 0.2) is 18.2 Å². The SMILES string of the molecule is Cc1cccc([C@@H](O)CN)n1. The number of aliphatic hydroxyl groups excluding tert-OH is 1. The van der Waals surface area contributed by atoms with Crippen LogP contribution in [0.1, 0.15) is 17.5 Å². The molecule has 0 amide bonds. The first kappa shape index (κ1) is 8.17. The highest BCUT2D eigenvalue weighted by molar-refractivity contribution is 5.12. The van der Waals surface area contributed by atoms with E-state index in [0.29, 0.717) is 5.69 Å². The van der Waals surface area contributed by atoms with Crippen LogP contribution in [-0.2, 0) is 0 Å². The van der Waals surface area contributed by atoms with E-state index >= 15 is 0 Å². The number of rotatable bonds is 2. The molecule has 3 heteroatoms. The fraction of sp³-hybridized carbons (Fsp3) is 0.375. The van der Waals surface area contributed by atoms with E-state index in [0.717, 1.165) is 5.69 Å². The Hall–Kier alpha value is -0.930. The lowest BCUT2D eigenvalue weighted by molar-refractivity contribution is 0.181. The Morgan fingerprint density at radius 1 is 1.64 bits per heavy atom. The van der Waals surface area contributed by atoms with Crippen LogP contribution in [-0.4, -0.2) is 16.6 Å². The highest BCUT2D eigenvalue weighted by atomic mass is 16.3. The molecule has 1 rings (SSSR count). The lowest BCUT2D eigenvalue weighted by atomic mass is 10.2. The van der Waals surface area contributed by atoms with Gasteiger partial charge in [0.25, 0.3) is 0 Å². The molecule has 0 saturated carbocycles. The van der Waals surface area contributed by atoms with E-state index in [1.807, 2.05) is 19.1 Å². The zero-order valence-corrected chi connectivity index (χ0v) is 6.49. The molecule has 11 heavy (non-hydrogen) atoms. The Balaban J connectivity index is 2.86. The van der Waals surface area contributed by atoms with Gasteiger partial charge in [-0.1, -0.05) is 6.07 Å². The minimum absolute atomic E-state index is 0.219. The standard InChI is InChI=1S/C8H12N2O/c1-6-3-2-4-7(10-6)8(11)5-9/h2-4,8,11H,5,9H2,1H3/t8-/m0/s1. The fourth-order valence-corrected chi connectivity index (χ4v) is 0.870. The molecule has 0 saturated heterocycles. The highest BCUT2D eigenvalue weighted by Gasteiger charge is 2.04. The average molecular weight is 152 g/mol. The zero-order valence-electron chi connectivity index (χ0n) is 6.49. The maximum Gasteiger partial charge on any atom is 0.108 e. The van der Waals surface area contributed by atoms with Crippen molar-refractivity contribution in [2.45, 2.75) is 13.0 Å². The number of hydrogen-bond donors (Lipinski definition) is 2. The van der Waals surface area contributed by atoms with E-state index in [1.165, 1.54) is 0 Å². The first-order valence-corrected chi connectivity index (χ1v) is 3.55. The molecule has 1 aromatic rings. The van der Waals surface area contributed by atoms with Gasteiger partial charge in [0, 0.05) is 12.2 Å². The number of aromatic nitrogens is 1. The Morgan fingerprint density at radius 2 is 2.36 bits per heavy atom. The molecule has 1 aromatic heterocycles. The van der Waals surface area contributed by atoms with Gasteiger partial charge in [0.15, 0.2) is 0 Å². The van der Waals surface area contributed by atoms with Crippen LogP contribution in [0.5, 0.6) is 0 Å². The van der Waals surface area contributed by atoms with Crippen LogP contribution in [0.3, 0.4) is 0 Å². The smallest absolute Gasteiger partial charge is 0.108 e. The molecule has 0 spiro atoms. The van der Waals surface area contributed by atoms with Gasteiger partial charge in [-0.3, -0.25) is 4.98 Å². The molecule has 0 aromatic carbocycles. The van der Waals surface area contributed by atoms with Crippen molar-refractivity contribution in [1.29, 1.82) is 0 Å². The lowest BCUT2D eigenvalue weighted by Gasteiger charge is -2.06. The van der Waals surface area contributed by atoms with Crippen LogP contribution >= 0.6 is 0 Å². The molecule has 0 unspecified atom stereocenters. The molecule has 0 aliphatic heterocycles. The van der Waals surface area contributed by atoms with Crippen LogP contribution in [0, 0.1) is 6.92 Å². The van der Waals surface area contributed by atoms with Crippen molar-refractivity contribution in [2.24, 2.45) is 5.73 Å². The maximum atomic E-state index is 9.27. The predicted octanol–water partition coefficient (Wildman–Crippen LogP) is 0.382. The second kappa shape index (κ2) is 3.46. The lowest BCUT2D eigenvalue weighted by Crippen LogP contribution is -2.13. The van der Waals surface area contributed by atoms with Crippen molar-refractivity contribution < 1.29 is 5.11 Å². The predicted molar refractivity (Wildman–Crippen MR) is 43.0 cm³/mol. The molecule has 0 fully saturated rings. The van der Waals surface area contributed by atoms with E-state index in [4.69, 9.17) is 5.73 Å². The van der Waals surface area contributed by atoms with Gasteiger partial charge in [0.05, 0.1) is 5.69 Å². The van der Waals surface area contributed by atoms with E-state index in [-0.39, 0.29) is 6.54 Å². The van der Waals surface area contributed by atoms with Gasteiger partial charge in [-0.2, -0.15) is 0 Å². The minimum Gasteiger partial charge on any atom is -0.385 e. The van der Waals surface area contributed by atoms with Gasteiger partial charge in [-0.05, 0) is 19.1 Å². The van der Waals surface area contributed by atoms with E-state index in [2.05, 4.69) is 4.98 Å². The van der Waals surface area contributed by atoms with Crippen LogP contribution in [0.4, 0.5) is 0 Å². The number of nitrogens with zero attached hydrogens (tertiary/aromatic N) is 1. The molecular weight excluding hydrogens is 140 g/mol. The average Bonchev–Trinajstić information content (AvgIpc) is 2.03. The topological polar surface area (TPSA) is 59.1 Å². The summed E-state index contributed by atoms with van der Waals surface area (Å²) in [6.07, 6.45) is -0.630. The molecule has 1 atom stereocenters. The number of aryl methyl sites for hydroxylation is 1. The summed E-state index contributed by atoms with van der Waals surface area (Å²) < 4.78 is 0.